The van der Waals surface area contributed by atoms with E-state index in [1.165, 1.54) is 0 Å². The Kier molecular flexibility index (Phi) is 4.01. The maximum absolute atomic E-state index is 5.70. The molecule has 3 rings (SSSR count). The van der Waals surface area contributed by atoms with E-state index in [-0.39, 0.29) is 0 Å². The Morgan fingerprint density at radius 2 is 2.05 bits per heavy atom. The molecule has 1 aromatic carbocycles. The molecule has 0 saturated carbocycles. The number of hydrogen-bond acceptors (Lipinski definition) is 3. The minimum absolute atomic E-state index is 0.657. The third-order valence-corrected chi connectivity index (χ3v) is 3.73. The molecule has 1 N–H and O–H groups in total. The lowest BCUT2D eigenvalue weighted by Gasteiger charge is -2.07. The average molecular weight is 299 g/mol. The zero-order valence-corrected chi connectivity index (χ0v) is 12.7. The van der Waals surface area contributed by atoms with Crippen LogP contribution in [-0.4, -0.2) is 21.1 Å². The molecule has 0 amide bonds. The summed E-state index contributed by atoms with van der Waals surface area (Å²) in [5.74, 6) is 0.897. The van der Waals surface area contributed by atoms with Gasteiger partial charge in [-0.1, -0.05) is 18.2 Å². The molecule has 0 fully saturated rings. The van der Waals surface area contributed by atoms with Gasteiger partial charge in [-0.25, -0.2) is 4.98 Å². The molecule has 0 saturated heterocycles. The summed E-state index contributed by atoms with van der Waals surface area (Å²) in [7, 11) is 0. The normalized spacial score (nSPS) is 10.9. The molecule has 0 aliphatic heterocycles. The number of fused-ring (bicyclic) bond motifs is 1. The van der Waals surface area contributed by atoms with Crippen LogP contribution in [0, 0.1) is 11.7 Å². The summed E-state index contributed by atoms with van der Waals surface area (Å²) in [5, 5.41) is 0. The molecule has 5 heteroatoms. The number of hydrogen-bond donors (Lipinski definition) is 1. The first-order valence-electron chi connectivity index (χ1n) is 6.97. The van der Waals surface area contributed by atoms with Gasteiger partial charge in [-0.3, -0.25) is 0 Å². The van der Waals surface area contributed by atoms with Crippen LogP contribution >= 0.6 is 12.2 Å². The standard InChI is InChI=1S/C16H17N3OS/c1-12-8-9-17-15-14(12)18-16(21)19(15)10-5-11-20-13-6-3-2-4-7-13/h2-4,6-9H,5,10-11H2,1H3,(H,18,21). The first kappa shape index (κ1) is 13.8. The number of rotatable bonds is 5. The number of pyridine rings is 1. The van der Waals surface area contributed by atoms with Crippen LogP contribution in [0.25, 0.3) is 11.2 Å². The number of aromatic nitrogens is 3. The largest absolute Gasteiger partial charge is 0.494 e. The van der Waals surface area contributed by atoms with Crippen molar-refractivity contribution in [2.75, 3.05) is 6.61 Å². The van der Waals surface area contributed by atoms with Gasteiger partial charge < -0.3 is 14.3 Å². The van der Waals surface area contributed by atoms with E-state index in [0.717, 1.165) is 35.4 Å². The Morgan fingerprint density at radius 1 is 1.24 bits per heavy atom. The average Bonchev–Trinajstić information content (AvgIpc) is 2.82. The molecular formula is C16H17N3OS. The number of ether oxygens (including phenoxy) is 1. The fourth-order valence-corrected chi connectivity index (χ4v) is 2.59. The van der Waals surface area contributed by atoms with Crippen molar-refractivity contribution in [2.24, 2.45) is 0 Å². The maximum Gasteiger partial charge on any atom is 0.179 e. The zero-order chi connectivity index (χ0) is 14.7. The lowest BCUT2D eigenvalue weighted by Crippen LogP contribution is -2.05. The van der Waals surface area contributed by atoms with Crippen LogP contribution < -0.4 is 4.74 Å². The van der Waals surface area contributed by atoms with Crippen molar-refractivity contribution < 1.29 is 4.74 Å². The van der Waals surface area contributed by atoms with Crippen LogP contribution in [0.2, 0.25) is 0 Å². The molecule has 2 heterocycles. The number of imidazole rings is 1. The van der Waals surface area contributed by atoms with E-state index < -0.39 is 0 Å². The summed E-state index contributed by atoms with van der Waals surface area (Å²) in [5.41, 5.74) is 3.09. The van der Waals surface area contributed by atoms with E-state index in [1.807, 2.05) is 47.2 Å². The van der Waals surface area contributed by atoms with E-state index in [0.29, 0.717) is 11.4 Å². The highest BCUT2D eigenvalue weighted by Crippen LogP contribution is 2.16. The summed E-state index contributed by atoms with van der Waals surface area (Å²) in [6.45, 7) is 3.50. The second kappa shape index (κ2) is 6.10. The van der Waals surface area contributed by atoms with Crippen molar-refractivity contribution in [3.8, 4) is 5.75 Å². The predicted molar refractivity (Wildman–Crippen MR) is 86.2 cm³/mol. The summed E-state index contributed by atoms with van der Waals surface area (Å²) in [6, 6.07) is 11.8. The lowest BCUT2D eigenvalue weighted by molar-refractivity contribution is 0.302. The second-order valence-electron chi connectivity index (χ2n) is 4.92. The topological polar surface area (TPSA) is 42.8 Å². The zero-order valence-electron chi connectivity index (χ0n) is 11.9. The van der Waals surface area contributed by atoms with Crippen LogP contribution in [-0.2, 0) is 6.54 Å². The highest BCUT2D eigenvalue weighted by Gasteiger charge is 2.07. The molecule has 0 aliphatic carbocycles. The smallest absolute Gasteiger partial charge is 0.179 e. The molecule has 4 nitrogen and oxygen atoms in total. The molecular weight excluding hydrogens is 282 g/mol. The van der Waals surface area contributed by atoms with Crippen molar-refractivity contribution in [1.82, 2.24) is 14.5 Å². The fraction of sp³-hybridized carbons (Fsp3) is 0.250. The molecule has 3 aromatic rings. The minimum Gasteiger partial charge on any atom is -0.494 e. The summed E-state index contributed by atoms with van der Waals surface area (Å²) in [4.78, 5) is 7.65. The van der Waals surface area contributed by atoms with Crippen molar-refractivity contribution in [1.29, 1.82) is 0 Å². The Labute approximate surface area is 128 Å². The monoisotopic (exact) mass is 299 g/mol. The molecule has 0 aliphatic rings. The van der Waals surface area contributed by atoms with Crippen LogP contribution in [0.4, 0.5) is 0 Å². The van der Waals surface area contributed by atoms with E-state index in [4.69, 9.17) is 17.0 Å². The Hall–Kier alpha value is -2.14. The summed E-state index contributed by atoms with van der Waals surface area (Å²) >= 11 is 5.38. The highest BCUT2D eigenvalue weighted by molar-refractivity contribution is 7.71. The van der Waals surface area contributed by atoms with E-state index in [2.05, 4.69) is 16.9 Å². The van der Waals surface area contributed by atoms with Gasteiger partial charge in [-0.15, -0.1) is 0 Å². The van der Waals surface area contributed by atoms with Gasteiger partial charge in [0.05, 0.1) is 12.1 Å². The van der Waals surface area contributed by atoms with E-state index in [1.54, 1.807) is 0 Å². The number of aryl methyl sites for hydroxylation is 2. The molecule has 0 unspecified atom stereocenters. The molecule has 2 aromatic heterocycles. The Bertz CT molecular complexity index is 792. The van der Waals surface area contributed by atoms with Gasteiger partial charge in [0.15, 0.2) is 10.4 Å². The quantitative estimate of drug-likeness (QED) is 0.574. The summed E-state index contributed by atoms with van der Waals surface area (Å²) < 4.78 is 8.45. The van der Waals surface area contributed by atoms with E-state index in [9.17, 15) is 0 Å². The third kappa shape index (κ3) is 2.97. The van der Waals surface area contributed by atoms with Crippen LogP contribution in [0.5, 0.6) is 5.75 Å². The van der Waals surface area contributed by atoms with Crippen LogP contribution in [0.1, 0.15) is 12.0 Å². The van der Waals surface area contributed by atoms with Gasteiger partial charge in [0, 0.05) is 12.7 Å². The first-order chi connectivity index (χ1) is 10.3. The molecule has 0 radical (unpaired) electrons. The minimum atomic E-state index is 0.657. The number of H-pyrrole nitrogens is 1. The number of nitrogens with one attached hydrogen (secondary N) is 1. The number of benzene rings is 1. The molecule has 21 heavy (non-hydrogen) atoms. The fourth-order valence-electron chi connectivity index (χ4n) is 2.31. The van der Waals surface area contributed by atoms with Gasteiger partial charge in [-0.2, -0.15) is 0 Å². The molecule has 0 spiro atoms. The number of nitrogens with zero attached hydrogens (tertiary/aromatic N) is 2. The van der Waals surface area contributed by atoms with Gasteiger partial charge in [0.25, 0.3) is 0 Å². The van der Waals surface area contributed by atoms with Crippen molar-refractivity contribution in [3.63, 3.8) is 0 Å². The molecule has 0 atom stereocenters. The second-order valence-corrected chi connectivity index (χ2v) is 5.31. The predicted octanol–water partition coefficient (Wildman–Crippen LogP) is 3.87. The third-order valence-electron chi connectivity index (χ3n) is 3.41. The van der Waals surface area contributed by atoms with E-state index >= 15 is 0 Å². The van der Waals surface area contributed by atoms with Crippen molar-refractivity contribution in [3.05, 3.63) is 52.9 Å². The van der Waals surface area contributed by atoms with Gasteiger partial charge in [0.2, 0.25) is 0 Å². The molecule has 0 bridgehead atoms. The SMILES string of the molecule is Cc1ccnc2c1[nH]c(=S)n2CCCOc1ccccc1. The molecule has 108 valence electrons. The number of para-hydroxylation sites is 1. The lowest BCUT2D eigenvalue weighted by atomic mass is 10.3. The van der Waals surface area contributed by atoms with Gasteiger partial charge in [0.1, 0.15) is 5.75 Å². The van der Waals surface area contributed by atoms with Crippen LogP contribution in [0.3, 0.4) is 0 Å². The van der Waals surface area contributed by atoms with Gasteiger partial charge in [-0.05, 0) is 49.3 Å². The summed E-state index contributed by atoms with van der Waals surface area (Å²) in [6.07, 6.45) is 2.70. The first-order valence-corrected chi connectivity index (χ1v) is 7.38. The van der Waals surface area contributed by atoms with Crippen LogP contribution in [0.15, 0.2) is 42.6 Å². The van der Waals surface area contributed by atoms with Crippen molar-refractivity contribution >= 4 is 23.4 Å². The van der Waals surface area contributed by atoms with Crippen molar-refractivity contribution in [2.45, 2.75) is 19.9 Å². The maximum atomic E-state index is 5.70. The highest BCUT2D eigenvalue weighted by atomic mass is 32.1. The Balaban J connectivity index is 1.67. The van der Waals surface area contributed by atoms with Gasteiger partial charge >= 0.3 is 0 Å². The number of aromatic amines is 1. The Morgan fingerprint density at radius 3 is 2.86 bits per heavy atom.